The fraction of sp³-hybridized carbons (Fsp3) is 0.350. The Kier molecular flexibility index (Phi) is 4.82. The molecule has 0 bridgehead atoms. The zero-order valence-electron chi connectivity index (χ0n) is 14.8. The fourth-order valence-electron chi connectivity index (χ4n) is 3.40. The number of benzene rings is 1. The van der Waals surface area contributed by atoms with Crippen molar-refractivity contribution in [1.29, 1.82) is 0 Å². The number of para-hydroxylation sites is 2. The van der Waals surface area contributed by atoms with Crippen molar-refractivity contribution in [2.75, 3.05) is 25.0 Å². The van der Waals surface area contributed by atoms with Crippen molar-refractivity contribution in [3.8, 4) is 5.82 Å². The van der Waals surface area contributed by atoms with Crippen LogP contribution in [0, 0.1) is 0 Å². The Labute approximate surface area is 152 Å². The molecule has 1 N–H and O–H groups in total. The van der Waals surface area contributed by atoms with E-state index in [1.54, 1.807) is 6.33 Å². The van der Waals surface area contributed by atoms with E-state index >= 15 is 0 Å². The lowest BCUT2D eigenvalue weighted by Gasteiger charge is -2.26. The van der Waals surface area contributed by atoms with E-state index in [9.17, 15) is 4.79 Å². The smallest absolute Gasteiger partial charge is 0.224 e. The SMILES string of the molecule is O=C(CCNc1cccc(-n2cnc3ccccc32)n1)N1CCCCC1. The molecule has 1 aliphatic rings. The number of amides is 1. The topological polar surface area (TPSA) is 63.1 Å². The summed E-state index contributed by atoms with van der Waals surface area (Å²) in [5.41, 5.74) is 1.97. The number of carbonyl (C=O) groups excluding carboxylic acids is 1. The number of pyridine rings is 1. The number of imidazole rings is 1. The largest absolute Gasteiger partial charge is 0.369 e. The lowest BCUT2D eigenvalue weighted by Crippen LogP contribution is -2.36. The standard InChI is InChI=1S/C20H23N5O/c26-20(24-13-4-1-5-14-24)11-12-21-18-9-6-10-19(23-18)25-15-22-16-7-2-3-8-17(16)25/h2-3,6-10,15H,1,4-5,11-14H2,(H,21,23). The number of rotatable bonds is 5. The molecule has 1 aliphatic heterocycles. The Morgan fingerprint density at radius 3 is 2.77 bits per heavy atom. The van der Waals surface area contributed by atoms with Gasteiger partial charge in [-0.15, -0.1) is 0 Å². The van der Waals surface area contributed by atoms with E-state index in [-0.39, 0.29) is 5.91 Å². The monoisotopic (exact) mass is 349 g/mol. The highest BCUT2D eigenvalue weighted by Gasteiger charge is 2.15. The second-order valence-corrected chi connectivity index (χ2v) is 6.60. The summed E-state index contributed by atoms with van der Waals surface area (Å²) < 4.78 is 1.97. The van der Waals surface area contributed by atoms with Crippen LogP contribution >= 0.6 is 0 Å². The van der Waals surface area contributed by atoms with Gasteiger partial charge < -0.3 is 10.2 Å². The molecule has 0 spiro atoms. The minimum absolute atomic E-state index is 0.231. The molecule has 0 atom stereocenters. The quantitative estimate of drug-likeness (QED) is 0.768. The third kappa shape index (κ3) is 3.54. The molecule has 0 unspecified atom stereocenters. The molecular formula is C20H23N5O. The first-order valence-corrected chi connectivity index (χ1v) is 9.22. The molecule has 4 rings (SSSR count). The average Bonchev–Trinajstić information content (AvgIpc) is 3.13. The normalized spacial score (nSPS) is 14.5. The number of hydrogen-bond donors (Lipinski definition) is 1. The van der Waals surface area contributed by atoms with E-state index in [2.05, 4.69) is 15.3 Å². The van der Waals surface area contributed by atoms with Crippen LogP contribution in [0.1, 0.15) is 25.7 Å². The van der Waals surface area contributed by atoms with Gasteiger partial charge in [0.05, 0.1) is 11.0 Å². The second kappa shape index (κ2) is 7.56. The van der Waals surface area contributed by atoms with E-state index in [0.29, 0.717) is 13.0 Å². The molecule has 3 heterocycles. The number of hydrogen-bond acceptors (Lipinski definition) is 4. The summed E-state index contributed by atoms with van der Waals surface area (Å²) in [4.78, 5) is 23.3. The molecule has 3 aromatic rings. The van der Waals surface area contributed by atoms with Crippen molar-refractivity contribution in [2.24, 2.45) is 0 Å². The number of nitrogens with one attached hydrogen (secondary N) is 1. The van der Waals surface area contributed by atoms with Crippen molar-refractivity contribution in [1.82, 2.24) is 19.4 Å². The minimum Gasteiger partial charge on any atom is -0.369 e. The first-order chi connectivity index (χ1) is 12.8. The number of likely N-dealkylation sites (tertiary alicyclic amines) is 1. The summed E-state index contributed by atoms with van der Waals surface area (Å²) in [7, 11) is 0. The summed E-state index contributed by atoms with van der Waals surface area (Å²) in [6.07, 6.45) is 5.78. The highest BCUT2D eigenvalue weighted by Crippen LogP contribution is 2.17. The average molecular weight is 349 g/mol. The van der Waals surface area contributed by atoms with E-state index < -0.39 is 0 Å². The molecule has 0 aliphatic carbocycles. The third-order valence-corrected chi connectivity index (χ3v) is 4.79. The summed E-state index contributed by atoms with van der Waals surface area (Å²) in [6.45, 7) is 2.40. The van der Waals surface area contributed by atoms with E-state index in [4.69, 9.17) is 0 Å². The molecule has 0 radical (unpaired) electrons. The van der Waals surface area contributed by atoms with Crippen LogP contribution in [-0.4, -0.2) is 45.0 Å². The number of fused-ring (bicyclic) bond motifs is 1. The Hall–Kier alpha value is -2.89. The Morgan fingerprint density at radius 2 is 1.88 bits per heavy atom. The van der Waals surface area contributed by atoms with Gasteiger partial charge in [-0.05, 0) is 43.5 Å². The maximum Gasteiger partial charge on any atom is 0.224 e. The van der Waals surface area contributed by atoms with Crippen LogP contribution in [0.25, 0.3) is 16.9 Å². The maximum atomic E-state index is 12.2. The first kappa shape index (κ1) is 16.6. The summed E-state index contributed by atoms with van der Waals surface area (Å²) in [5, 5.41) is 3.27. The van der Waals surface area contributed by atoms with Crippen molar-refractivity contribution in [2.45, 2.75) is 25.7 Å². The van der Waals surface area contributed by atoms with Crippen molar-refractivity contribution >= 4 is 22.8 Å². The molecule has 1 fully saturated rings. The van der Waals surface area contributed by atoms with Gasteiger partial charge in [0.1, 0.15) is 18.0 Å². The van der Waals surface area contributed by atoms with Crippen LogP contribution < -0.4 is 5.32 Å². The molecule has 6 heteroatoms. The molecular weight excluding hydrogens is 326 g/mol. The number of aromatic nitrogens is 3. The highest BCUT2D eigenvalue weighted by atomic mass is 16.2. The van der Waals surface area contributed by atoms with Gasteiger partial charge in [0, 0.05) is 26.1 Å². The molecule has 0 saturated carbocycles. The summed E-state index contributed by atoms with van der Waals surface area (Å²) >= 11 is 0. The van der Waals surface area contributed by atoms with Crippen LogP contribution in [0.5, 0.6) is 0 Å². The Balaban J connectivity index is 1.41. The van der Waals surface area contributed by atoms with Crippen LogP contribution in [0.4, 0.5) is 5.82 Å². The predicted octanol–water partition coefficient (Wildman–Crippen LogP) is 3.24. The van der Waals surface area contributed by atoms with Crippen molar-refractivity contribution in [3.05, 3.63) is 48.8 Å². The van der Waals surface area contributed by atoms with E-state index in [1.807, 2.05) is 51.9 Å². The van der Waals surface area contributed by atoms with Gasteiger partial charge in [0.15, 0.2) is 0 Å². The van der Waals surface area contributed by atoms with Gasteiger partial charge >= 0.3 is 0 Å². The van der Waals surface area contributed by atoms with Crippen LogP contribution in [0.15, 0.2) is 48.8 Å². The Morgan fingerprint density at radius 1 is 1.04 bits per heavy atom. The van der Waals surface area contributed by atoms with Gasteiger partial charge in [-0.25, -0.2) is 9.97 Å². The van der Waals surface area contributed by atoms with Crippen LogP contribution in [0.3, 0.4) is 0 Å². The van der Waals surface area contributed by atoms with Crippen LogP contribution in [0.2, 0.25) is 0 Å². The molecule has 134 valence electrons. The first-order valence-electron chi connectivity index (χ1n) is 9.22. The number of anilines is 1. The highest BCUT2D eigenvalue weighted by molar-refractivity contribution is 5.77. The molecule has 1 amide bonds. The lowest BCUT2D eigenvalue weighted by atomic mass is 10.1. The zero-order chi connectivity index (χ0) is 17.8. The molecule has 1 saturated heterocycles. The third-order valence-electron chi connectivity index (χ3n) is 4.79. The molecule has 2 aromatic heterocycles. The minimum atomic E-state index is 0.231. The van der Waals surface area contributed by atoms with Gasteiger partial charge in [-0.1, -0.05) is 18.2 Å². The van der Waals surface area contributed by atoms with Gasteiger partial charge in [0.2, 0.25) is 5.91 Å². The van der Waals surface area contributed by atoms with E-state index in [1.165, 1.54) is 6.42 Å². The van der Waals surface area contributed by atoms with Gasteiger partial charge in [-0.3, -0.25) is 9.36 Å². The number of piperidine rings is 1. The molecule has 1 aromatic carbocycles. The second-order valence-electron chi connectivity index (χ2n) is 6.60. The van der Waals surface area contributed by atoms with E-state index in [0.717, 1.165) is 48.6 Å². The van der Waals surface area contributed by atoms with Gasteiger partial charge in [0.25, 0.3) is 0 Å². The Bertz CT molecular complexity index is 898. The van der Waals surface area contributed by atoms with Crippen molar-refractivity contribution < 1.29 is 4.79 Å². The summed E-state index contributed by atoms with van der Waals surface area (Å²) in [5.74, 6) is 1.81. The maximum absolute atomic E-state index is 12.2. The predicted molar refractivity (Wildman–Crippen MR) is 102 cm³/mol. The zero-order valence-corrected chi connectivity index (χ0v) is 14.8. The summed E-state index contributed by atoms with van der Waals surface area (Å²) in [6, 6.07) is 13.8. The fourth-order valence-corrected chi connectivity index (χ4v) is 3.40. The molecule has 26 heavy (non-hydrogen) atoms. The number of carbonyl (C=O) groups is 1. The van der Waals surface area contributed by atoms with Crippen molar-refractivity contribution in [3.63, 3.8) is 0 Å². The van der Waals surface area contributed by atoms with Crippen LogP contribution in [-0.2, 0) is 4.79 Å². The lowest BCUT2D eigenvalue weighted by molar-refractivity contribution is -0.131. The van der Waals surface area contributed by atoms with Gasteiger partial charge in [-0.2, -0.15) is 0 Å². The molecule has 6 nitrogen and oxygen atoms in total. The number of nitrogens with zero attached hydrogens (tertiary/aromatic N) is 4.